The summed E-state index contributed by atoms with van der Waals surface area (Å²) in [5.41, 5.74) is 4.92. The van der Waals surface area contributed by atoms with Gasteiger partial charge in [-0.15, -0.1) is 0 Å². The van der Waals surface area contributed by atoms with Crippen molar-refractivity contribution in [2.75, 3.05) is 12.4 Å². The molecule has 100 valence electrons. The molecule has 0 spiro atoms. The number of ether oxygens (including phenoxy) is 1. The third-order valence-corrected chi connectivity index (χ3v) is 3.38. The molecule has 2 aromatic carbocycles. The van der Waals surface area contributed by atoms with E-state index in [2.05, 4.69) is 56.4 Å². The molecule has 2 aromatic rings. The molecule has 0 radical (unpaired) electrons. The molecule has 1 atom stereocenters. The number of benzene rings is 2. The average molecular weight is 255 g/mol. The van der Waals surface area contributed by atoms with Crippen LogP contribution in [0.15, 0.2) is 42.5 Å². The van der Waals surface area contributed by atoms with Crippen molar-refractivity contribution in [2.24, 2.45) is 0 Å². The van der Waals surface area contributed by atoms with E-state index in [0.29, 0.717) is 0 Å². The lowest BCUT2D eigenvalue weighted by Crippen LogP contribution is -2.07. The molecule has 2 rings (SSSR count). The molecule has 2 heteroatoms. The van der Waals surface area contributed by atoms with Gasteiger partial charge in [0, 0.05) is 11.7 Å². The fraction of sp³-hybridized carbons (Fsp3) is 0.294. The van der Waals surface area contributed by atoms with Crippen LogP contribution < -0.4 is 10.1 Å². The van der Waals surface area contributed by atoms with E-state index >= 15 is 0 Å². The van der Waals surface area contributed by atoms with Crippen LogP contribution in [0.5, 0.6) is 5.75 Å². The number of aryl methyl sites for hydroxylation is 2. The molecule has 0 bridgehead atoms. The van der Waals surface area contributed by atoms with Crippen molar-refractivity contribution in [3.05, 3.63) is 59.2 Å². The standard InChI is InChI=1S/C17H21NO/c1-12-5-7-15(8-6-12)14(3)18-17-10-9-16(19-4)11-13(17)2/h5-11,14,18H,1-4H3. The third kappa shape index (κ3) is 3.28. The monoisotopic (exact) mass is 255 g/mol. The van der Waals surface area contributed by atoms with Gasteiger partial charge in [0.15, 0.2) is 0 Å². The van der Waals surface area contributed by atoms with Crippen molar-refractivity contribution in [1.82, 2.24) is 0 Å². The summed E-state index contributed by atoms with van der Waals surface area (Å²) in [4.78, 5) is 0. The molecule has 1 unspecified atom stereocenters. The molecule has 2 nitrogen and oxygen atoms in total. The number of rotatable bonds is 4. The van der Waals surface area contributed by atoms with Crippen molar-refractivity contribution in [2.45, 2.75) is 26.8 Å². The minimum atomic E-state index is 0.285. The molecule has 0 aliphatic heterocycles. The second kappa shape index (κ2) is 5.79. The minimum absolute atomic E-state index is 0.285. The Morgan fingerprint density at radius 1 is 1.00 bits per heavy atom. The van der Waals surface area contributed by atoms with Gasteiger partial charge in [-0.2, -0.15) is 0 Å². The van der Waals surface area contributed by atoms with Crippen LogP contribution in [0.2, 0.25) is 0 Å². The van der Waals surface area contributed by atoms with Crippen LogP contribution in [0, 0.1) is 13.8 Å². The van der Waals surface area contributed by atoms with Crippen molar-refractivity contribution < 1.29 is 4.74 Å². The van der Waals surface area contributed by atoms with Gasteiger partial charge in [0.2, 0.25) is 0 Å². The Bertz CT molecular complexity index is 546. The van der Waals surface area contributed by atoms with Gasteiger partial charge in [-0.25, -0.2) is 0 Å². The Morgan fingerprint density at radius 2 is 1.68 bits per heavy atom. The SMILES string of the molecule is COc1ccc(NC(C)c2ccc(C)cc2)c(C)c1. The quantitative estimate of drug-likeness (QED) is 0.869. The Balaban J connectivity index is 2.14. The van der Waals surface area contributed by atoms with E-state index in [-0.39, 0.29) is 6.04 Å². The first-order chi connectivity index (χ1) is 9.10. The Hall–Kier alpha value is -1.96. The first-order valence-corrected chi connectivity index (χ1v) is 6.58. The Morgan fingerprint density at radius 3 is 2.26 bits per heavy atom. The van der Waals surface area contributed by atoms with Crippen molar-refractivity contribution in [3.8, 4) is 5.75 Å². The molecule has 19 heavy (non-hydrogen) atoms. The maximum atomic E-state index is 5.23. The van der Waals surface area contributed by atoms with Crippen molar-refractivity contribution in [3.63, 3.8) is 0 Å². The zero-order valence-corrected chi connectivity index (χ0v) is 12.0. The number of hydrogen-bond acceptors (Lipinski definition) is 2. The number of hydrogen-bond donors (Lipinski definition) is 1. The summed E-state index contributed by atoms with van der Waals surface area (Å²) < 4.78 is 5.23. The average Bonchev–Trinajstić information content (AvgIpc) is 2.41. The second-order valence-electron chi connectivity index (χ2n) is 4.96. The first kappa shape index (κ1) is 13.5. The topological polar surface area (TPSA) is 21.3 Å². The molecule has 0 heterocycles. The summed E-state index contributed by atoms with van der Waals surface area (Å²) in [5, 5.41) is 3.54. The number of methoxy groups -OCH3 is 1. The van der Waals surface area contributed by atoms with E-state index in [0.717, 1.165) is 11.4 Å². The summed E-state index contributed by atoms with van der Waals surface area (Å²) in [5.74, 6) is 0.894. The van der Waals surface area contributed by atoms with Crippen LogP contribution in [-0.4, -0.2) is 7.11 Å². The van der Waals surface area contributed by atoms with Gasteiger partial charge in [0.05, 0.1) is 7.11 Å². The molecule has 1 N–H and O–H groups in total. The van der Waals surface area contributed by atoms with E-state index in [4.69, 9.17) is 4.74 Å². The molecule has 0 aromatic heterocycles. The van der Waals surface area contributed by atoms with Gasteiger partial charge in [-0.1, -0.05) is 29.8 Å². The van der Waals surface area contributed by atoms with Gasteiger partial charge in [0.1, 0.15) is 5.75 Å². The predicted molar refractivity (Wildman–Crippen MR) is 80.9 cm³/mol. The largest absolute Gasteiger partial charge is 0.497 e. The highest BCUT2D eigenvalue weighted by molar-refractivity contribution is 5.54. The van der Waals surface area contributed by atoms with E-state index in [1.54, 1.807) is 7.11 Å². The van der Waals surface area contributed by atoms with E-state index in [9.17, 15) is 0 Å². The van der Waals surface area contributed by atoms with Crippen LogP contribution >= 0.6 is 0 Å². The second-order valence-corrected chi connectivity index (χ2v) is 4.96. The highest BCUT2D eigenvalue weighted by atomic mass is 16.5. The van der Waals surface area contributed by atoms with Crippen molar-refractivity contribution >= 4 is 5.69 Å². The van der Waals surface area contributed by atoms with Gasteiger partial charge >= 0.3 is 0 Å². The molecule has 0 aliphatic rings. The fourth-order valence-electron chi connectivity index (χ4n) is 2.10. The van der Waals surface area contributed by atoms with Crippen LogP contribution in [0.4, 0.5) is 5.69 Å². The molecular formula is C17H21NO. The third-order valence-electron chi connectivity index (χ3n) is 3.38. The van der Waals surface area contributed by atoms with Gasteiger partial charge in [-0.3, -0.25) is 0 Å². The van der Waals surface area contributed by atoms with E-state index in [1.165, 1.54) is 16.7 Å². The maximum absolute atomic E-state index is 5.23. The van der Waals surface area contributed by atoms with E-state index in [1.807, 2.05) is 12.1 Å². The lowest BCUT2D eigenvalue weighted by atomic mass is 10.1. The Kier molecular flexibility index (Phi) is 4.10. The molecule has 0 fully saturated rings. The summed E-state index contributed by atoms with van der Waals surface area (Å²) >= 11 is 0. The smallest absolute Gasteiger partial charge is 0.119 e. The Labute approximate surface area is 115 Å². The summed E-state index contributed by atoms with van der Waals surface area (Å²) in [7, 11) is 1.69. The predicted octanol–water partition coefficient (Wildman–Crippen LogP) is 4.49. The number of nitrogens with one attached hydrogen (secondary N) is 1. The lowest BCUT2D eigenvalue weighted by molar-refractivity contribution is 0.414. The van der Waals surface area contributed by atoms with Gasteiger partial charge in [0.25, 0.3) is 0 Å². The lowest BCUT2D eigenvalue weighted by Gasteiger charge is -2.18. The highest BCUT2D eigenvalue weighted by Gasteiger charge is 2.07. The molecule has 0 saturated heterocycles. The van der Waals surface area contributed by atoms with Crippen molar-refractivity contribution in [1.29, 1.82) is 0 Å². The molecular weight excluding hydrogens is 234 g/mol. The van der Waals surface area contributed by atoms with Crippen LogP contribution in [-0.2, 0) is 0 Å². The van der Waals surface area contributed by atoms with Crippen LogP contribution in [0.3, 0.4) is 0 Å². The van der Waals surface area contributed by atoms with Gasteiger partial charge < -0.3 is 10.1 Å². The highest BCUT2D eigenvalue weighted by Crippen LogP contribution is 2.25. The minimum Gasteiger partial charge on any atom is -0.497 e. The normalized spacial score (nSPS) is 12.0. The number of anilines is 1. The maximum Gasteiger partial charge on any atom is 0.119 e. The molecule has 0 saturated carbocycles. The zero-order valence-electron chi connectivity index (χ0n) is 12.0. The summed E-state index contributed by atoms with van der Waals surface area (Å²) in [6, 6.07) is 15.0. The zero-order chi connectivity index (χ0) is 13.8. The molecule has 0 amide bonds. The van der Waals surface area contributed by atoms with Crippen LogP contribution in [0.25, 0.3) is 0 Å². The fourth-order valence-corrected chi connectivity index (χ4v) is 2.10. The first-order valence-electron chi connectivity index (χ1n) is 6.58. The summed E-state index contributed by atoms with van der Waals surface area (Å²) in [6.45, 7) is 6.37. The van der Waals surface area contributed by atoms with Gasteiger partial charge in [-0.05, 0) is 50.1 Å². The summed E-state index contributed by atoms with van der Waals surface area (Å²) in [6.07, 6.45) is 0. The molecule has 0 aliphatic carbocycles. The van der Waals surface area contributed by atoms with E-state index < -0.39 is 0 Å². The van der Waals surface area contributed by atoms with Crippen LogP contribution in [0.1, 0.15) is 29.7 Å².